The molecule has 6 rings (SSSR count). The highest BCUT2D eigenvalue weighted by Gasteiger charge is 2.20. The first-order valence-corrected chi connectivity index (χ1v) is 11.6. The van der Waals surface area contributed by atoms with Gasteiger partial charge in [-0.05, 0) is 24.3 Å². The van der Waals surface area contributed by atoms with E-state index in [0.29, 0.717) is 20.5 Å². The summed E-state index contributed by atoms with van der Waals surface area (Å²) >= 11 is 0. The van der Waals surface area contributed by atoms with Crippen LogP contribution >= 0.6 is 0 Å². The van der Waals surface area contributed by atoms with Gasteiger partial charge < -0.3 is 21.0 Å². The Balaban J connectivity index is 1.18. The number of hydrogen-bond acceptors (Lipinski definition) is 8. The van der Waals surface area contributed by atoms with Crippen molar-refractivity contribution in [3.63, 3.8) is 0 Å². The number of carbonyl (C=O) groups excluding carboxylic acids is 2. The van der Waals surface area contributed by atoms with Gasteiger partial charge in [-0.25, -0.2) is 19.9 Å². The van der Waals surface area contributed by atoms with Crippen LogP contribution in [-0.2, 0) is 0 Å². The van der Waals surface area contributed by atoms with Crippen molar-refractivity contribution in [2.75, 3.05) is 13.1 Å². The molecule has 0 saturated heterocycles. The van der Waals surface area contributed by atoms with Gasteiger partial charge in [0.1, 0.15) is 0 Å². The molecule has 12 nitrogen and oxygen atoms in total. The van der Waals surface area contributed by atoms with Gasteiger partial charge in [-0.15, -0.1) is 0 Å². The second kappa shape index (κ2) is 9.17. The van der Waals surface area contributed by atoms with Gasteiger partial charge in [0, 0.05) is 49.7 Å². The molecule has 2 aromatic carbocycles. The molecular formula is C26H18N8O4. The van der Waals surface area contributed by atoms with Gasteiger partial charge in [-0.2, -0.15) is 9.46 Å². The molecule has 4 heterocycles. The SMILES string of the molecule is O=C(NCCNC(=O)c1cccc2c1nc1ncccc1[n+]2[O-])c1cccc2c1nc1ncccc1[n+]2[O-]. The summed E-state index contributed by atoms with van der Waals surface area (Å²) in [4.78, 5) is 42.9. The molecule has 186 valence electrons. The summed E-state index contributed by atoms with van der Waals surface area (Å²) in [7, 11) is 0. The number of benzene rings is 2. The Morgan fingerprint density at radius 3 is 1.50 bits per heavy atom. The zero-order valence-electron chi connectivity index (χ0n) is 19.7. The molecule has 0 aliphatic rings. The Hall–Kier alpha value is -5.52. The van der Waals surface area contributed by atoms with Gasteiger partial charge in [-0.1, -0.05) is 12.1 Å². The molecule has 2 N–H and O–H groups in total. The maximum absolute atomic E-state index is 12.9. The number of carbonyl (C=O) groups is 2. The molecule has 0 aliphatic carbocycles. The maximum atomic E-state index is 12.9. The minimum atomic E-state index is -0.454. The van der Waals surface area contributed by atoms with Crippen LogP contribution in [0.4, 0.5) is 0 Å². The van der Waals surface area contributed by atoms with Crippen molar-refractivity contribution in [3.8, 4) is 0 Å². The predicted molar refractivity (Wildman–Crippen MR) is 137 cm³/mol. The van der Waals surface area contributed by atoms with Crippen molar-refractivity contribution in [2.24, 2.45) is 0 Å². The lowest BCUT2D eigenvalue weighted by Gasteiger charge is -2.10. The van der Waals surface area contributed by atoms with Crippen molar-refractivity contribution in [1.29, 1.82) is 0 Å². The highest BCUT2D eigenvalue weighted by molar-refractivity contribution is 6.06. The summed E-state index contributed by atoms with van der Waals surface area (Å²) < 4.78 is 1.40. The number of pyridine rings is 2. The lowest BCUT2D eigenvalue weighted by atomic mass is 10.1. The normalized spacial score (nSPS) is 11.3. The average Bonchev–Trinajstić information content (AvgIpc) is 2.95. The highest BCUT2D eigenvalue weighted by Crippen LogP contribution is 2.18. The highest BCUT2D eigenvalue weighted by atomic mass is 16.5. The summed E-state index contributed by atoms with van der Waals surface area (Å²) in [6, 6.07) is 16.0. The topological polar surface area (TPSA) is 164 Å². The minimum absolute atomic E-state index is 0.106. The number of amides is 2. The van der Waals surface area contributed by atoms with Gasteiger partial charge >= 0.3 is 0 Å². The molecule has 38 heavy (non-hydrogen) atoms. The number of hydrogen-bond donors (Lipinski definition) is 2. The largest absolute Gasteiger partial charge is 0.618 e. The third kappa shape index (κ3) is 3.80. The van der Waals surface area contributed by atoms with Crippen molar-refractivity contribution in [3.05, 3.63) is 94.6 Å². The molecule has 0 saturated carbocycles. The summed E-state index contributed by atoms with van der Waals surface area (Å²) in [5.41, 5.74) is 2.42. The zero-order valence-corrected chi connectivity index (χ0v) is 19.7. The minimum Gasteiger partial charge on any atom is -0.618 e. The summed E-state index contributed by atoms with van der Waals surface area (Å²) in [6.45, 7) is 0.211. The summed E-state index contributed by atoms with van der Waals surface area (Å²) in [6.07, 6.45) is 3.04. The predicted octanol–water partition coefficient (Wildman–Crippen LogP) is 1.31. The number of para-hydroxylation sites is 2. The van der Waals surface area contributed by atoms with E-state index in [2.05, 4.69) is 30.6 Å². The molecule has 0 spiro atoms. The Bertz CT molecular complexity index is 1770. The van der Waals surface area contributed by atoms with Gasteiger partial charge in [-0.3, -0.25) is 9.59 Å². The van der Waals surface area contributed by atoms with Gasteiger partial charge in [0.25, 0.3) is 22.8 Å². The van der Waals surface area contributed by atoms with Crippen LogP contribution in [0.1, 0.15) is 20.7 Å². The monoisotopic (exact) mass is 506 g/mol. The van der Waals surface area contributed by atoms with Crippen LogP contribution in [0, 0.1) is 10.4 Å². The zero-order chi connectivity index (χ0) is 26.2. The van der Waals surface area contributed by atoms with Crippen molar-refractivity contribution in [1.82, 2.24) is 30.6 Å². The first kappa shape index (κ1) is 22.9. The average molecular weight is 506 g/mol. The smallest absolute Gasteiger partial charge is 0.262 e. The molecule has 0 unspecified atom stereocenters. The van der Waals surface area contributed by atoms with Crippen molar-refractivity contribution in [2.45, 2.75) is 0 Å². The van der Waals surface area contributed by atoms with E-state index in [1.54, 1.807) is 60.7 Å². The fourth-order valence-electron chi connectivity index (χ4n) is 4.27. The molecule has 0 bridgehead atoms. The van der Waals surface area contributed by atoms with E-state index in [1.807, 2.05) is 0 Å². The maximum Gasteiger partial charge on any atom is 0.262 e. The molecule has 0 atom stereocenters. The lowest BCUT2D eigenvalue weighted by Crippen LogP contribution is -2.36. The van der Waals surface area contributed by atoms with Crippen LogP contribution in [0.3, 0.4) is 0 Å². The van der Waals surface area contributed by atoms with E-state index in [-0.39, 0.29) is 57.6 Å². The second-order valence-corrected chi connectivity index (χ2v) is 8.36. The van der Waals surface area contributed by atoms with Crippen LogP contribution < -0.4 is 20.1 Å². The number of fused-ring (bicyclic) bond motifs is 4. The van der Waals surface area contributed by atoms with Crippen LogP contribution in [0.15, 0.2) is 73.1 Å². The van der Waals surface area contributed by atoms with Gasteiger partial charge in [0.05, 0.1) is 11.1 Å². The fraction of sp³-hybridized carbons (Fsp3) is 0.0769. The first-order valence-electron chi connectivity index (χ1n) is 11.6. The van der Waals surface area contributed by atoms with Crippen LogP contribution in [0.2, 0.25) is 0 Å². The van der Waals surface area contributed by atoms with Gasteiger partial charge in [0.15, 0.2) is 11.0 Å². The van der Waals surface area contributed by atoms with E-state index in [0.717, 1.165) is 0 Å². The summed E-state index contributed by atoms with van der Waals surface area (Å²) in [5, 5.41) is 31.0. The third-order valence-corrected chi connectivity index (χ3v) is 6.06. The van der Waals surface area contributed by atoms with Gasteiger partial charge in [0.2, 0.25) is 22.3 Å². The van der Waals surface area contributed by atoms with Crippen LogP contribution in [-0.4, -0.2) is 44.8 Å². The third-order valence-electron chi connectivity index (χ3n) is 6.06. The number of rotatable bonds is 5. The number of aromatic nitrogens is 6. The van der Waals surface area contributed by atoms with Crippen LogP contribution in [0.25, 0.3) is 44.4 Å². The quantitative estimate of drug-likeness (QED) is 0.153. The number of nitrogens with zero attached hydrogens (tertiary/aromatic N) is 6. The molecule has 2 amide bonds. The van der Waals surface area contributed by atoms with E-state index in [9.17, 15) is 20.0 Å². The Morgan fingerprint density at radius 1 is 0.632 bits per heavy atom. The standard InChI is InChI=1S/C26H18N8O4/c35-25(15-5-1-7-17-21(15)31-23-19(33(17)37)9-3-11-27-23)29-13-14-30-26(36)16-6-2-8-18-22(16)32-24-20(34(18)38)10-4-12-28-24/h1-12H,13-14H2,(H,29,35)(H,30,36). The molecule has 4 aromatic heterocycles. The molecular weight excluding hydrogens is 488 g/mol. The molecule has 0 fully saturated rings. The van der Waals surface area contributed by atoms with Crippen LogP contribution in [0.5, 0.6) is 0 Å². The van der Waals surface area contributed by atoms with E-state index >= 15 is 0 Å². The Labute approximate surface area is 213 Å². The molecule has 12 heteroatoms. The first-order chi connectivity index (χ1) is 18.5. The Morgan fingerprint density at radius 2 is 1.05 bits per heavy atom. The fourth-order valence-corrected chi connectivity index (χ4v) is 4.27. The second-order valence-electron chi connectivity index (χ2n) is 8.36. The Kier molecular flexibility index (Phi) is 5.53. The summed E-state index contributed by atoms with van der Waals surface area (Å²) in [5.74, 6) is -0.909. The van der Waals surface area contributed by atoms with Crippen molar-refractivity contribution >= 4 is 56.2 Å². The van der Waals surface area contributed by atoms with Crippen molar-refractivity contribution < 1.29 is 19.0 Å². The van der Waals surface area contributed by atoms with E-state index < -0.39 is 11.8 Å². The van der Waals surface area contributed by atoms with E-state index in [1.165, 1.54) is 12.4 Å². The van der Waals surface area contributed by atoms with E-state index in [4.69, 9.17) is 0 Å². The molecule has 6 aromatic rings. The molecule has 0 radical (unpaired) electrons. The lowest BCUT2D eigenvalue weighted by molar-refractivity contribution is -0.548. The molecule has 0 aliphatic heterocycles. The number of nitrogens with one attached hydrogen (secondary N) is 2.